The van der Waals surface area contributed by atoms with Crippen molar-refractivity contribution in [3.8, 4) is 0 Å². The van der Waals surface area contributed by atoms with Gasteiger partial charge in [0.1, 0.15) is 0 Å². The highest BCUT2D eigenvalue weighted by Gasteiger charge is 2.18. The Morgan fingerprint density at radius 1 is 1.11 bits per heavy atom. The van der Waals surface area contributed by atoms with Gasteiger partial charge in [0.25, 0.3) is 0 Å². The first-order valence-electron chi connectivity index (χ1n) is 7.23. The third-order valence-corrected chi connectivity index (χ3v) is 4.40. The van der Waals surface area contributed by atoms with Gasteiger partial charge in [0.05, 0.1) is 0 Å². The molecule has 1 aliphatic carbocycles. The van der Waals surface area contributed by atoms with E-state index < -0.39 is 0 Å². The van der Waals surface area contributed by atoms with E-state index >= 15 is 0 Å². The molecule has 18 heavy (non-hydrogen) atoms. The summed E-state index contributed by atoms with van der Waals surface area (Å²) in [5.74, 6) is 0.861. The average molecular weight is 266 g/mol. The van der Waals surface area contributed by atoms with Crippen LogP contribution in [-0.2, 0) is 6.54 Å². The SMILES string of the molecule is C[C@H](NCc1ccc(Cl)cc1)C1CCCCCC1. The second kappa shape index (κ2) is 7.16. The molecule has 1 aromatic carbocycles. The first kappa shape index (κ1) is 13.9. The molecule has 0 saturated heterocycles. The highest BCUT2D eigenvalue weighted by atomic mass is 35.5. The van der Waals surface area contributed by atoms with E-state index in [-0.39, 0.29) is 0 Å². The fourth-order valence-corrected chi connectivity index (χ4v) is 2.98. The van der Waals surface area contributed by atoms with Gasteiger partial charge in [0, 0.05) is 17.6 Å². The first-order valence-corrected chi connectivity index (χ1v) is 7.61. The highest BCUT2D eigenvalue weighted by molar-refractivity contribution is 6.30. The number of benzene rings is 1. The van der Waals surface area contributed by atoms with Crippen molar-refractivity contribution in [3.05, 3.63) is 34.9 Å². The summed E-state index contributed by atoms with van der Waals surface area (Å²) in [4.78, 5) is 0. The van der Waals surface area contributed by atoms with Crippen LogP contribution >= 0.6 is 11.6 Å². The molecule has 0 aromatic heterocycles. The fourth-order valence-electron chi connectivity index (χ4n) is 2.86. The molecule has 1 aliphatic rings. The Kier molecular flexibility index (Phi) is 5.52. The molecule has 0 spiro atoms. The van der Waals surface area contributed by atoms with Crippen LogP contribution in [0.15, 0.2) is 24.3 Å². The zero-order valence-corrected chi connectivity index (χ0v) is 12.0. The molecule has 1 N–H and O–H groups in total. The topological polar surface area (TPSA) is 12.0 Å². The minimum atomic E-state index is 0.624. The van der Waals surface area contributed by atoms with Crippen LogP contribution in [0, 0.1) is 5.92 Å². The standard InChI is InChI=1S/C16H24ClN/c1-13(15-6-4-2-3-5-7-15)18-12-14-8-10-16(17)11-9-14/h8-11,13,15,18H,2-7,12H2,1H3/t13-/m0/s1. The quantitative estimate of drug-likeness (QED) is 0.772. The van der Waals surface area contributed by atoms with Crippen molar-refractivity contribution >= 4 is 11.6 Å². The summed E-state index contributed by atoms with van der Waals surface area (Å²) in [6, 6.07) is 8.77. The van der Waals surface area contributed by atoms with Crippen molar-refractivity contribution < 1.29 is 0 Å². The lowest BCUT2D eigenvalue weighted by molar-refractivity contribution is 0.336. The highest BCUT2D eigenvalue weighted by Crippen LogP contribution is 2.25. The molecule has 0 bridgehead atoms. The Morgan fingerprint density at radius 2 is 1.72 bits per heavy atom. The van der Waals surface area contributed by atoms with Gasteiger partial charge in [-0.15, -0.1) is 0 Å². The summed E-state index contributed by atoms with van der Waals surface area (Å²) >= 11 is 5.89. The summed E-state index contributed by atoms with van der Waals surface area (Å²) in [7, 11) is 0. The van der Waals surface area contributed by atoms with Crippen molar-refractivity contribution in [2.45, 2.75) is 58.0 Å². The summed E-state index contributed by atoms with van der Waals surface area (Å²) < 4.78 is 0. The van der Waals surface area contributed by atoms with Gasteiger partial charge in [-0.2, -0.15) is 0 Å². The molecule has 0 aliphatic heterocycles. The zero-order chi connectivity index (χ0) is 12.8. The molecule has 2 rings (SSSR count). The lowest BCUT2D eigenvalue weighted by Gasteiger charge is -2.23. The Balaban J connectivity index is 1.79. The third kappa shape index (κ3) is 4.29. The predicted molar refractivity (Wildman–Crippen MR) is 78.9 cm³/mol. The number of hydrogen-bond donors (Lipinski definition) is 1. The number of nitrogens with one attached hydrogen (secondary N) is 1. The van der Waals surface area contributed by atoms with Gasteiger partial charge >= 0.3 is 0 Å². The van der Waals surface area contributed by atoms with Crippen LogP contribution in [0.4, 0.5) is 0 Å². The van der Waals surface area contributed by atoms with Gasteiger partial charge in [0.15, 0.2) is 0 Å². The molecule has 0 heterocycles. The molecule has 1 fully saturated rings. The van der Waals surface area contributed by atoms with E-state index in [1.54, 1.807) is 0 Å². The summed E-state index contributed by atoms with van der Waals surface area (Å²) in [5.41, 5.74) is 1.32. The molecule has 1 nitrogen and oxygen atoms in total. The van der Waals surface area contributed by atoms with Gasteiger partial charge in [-0.05, 0) is 43.4 Å². The molecular formula is C16H24ClN. The maximum atomic E-state index is 5.89. The van der Waals surface area contributed by atoms with E-state index in [1.165, 1.54) is 44.1 Å². The zero-order valence-electron chi connectivity index (χ0n) is 11.3. The van der Waals surface area contributed by atoms with Crippen LogP contribution < -0.4 is 5.32 Å². The van der Waals surface area contributed by atoms with Gasteiger partial charge < -0.3 is 5.32 Å². The van der Waals surface area contributed by atoms with Gasteiger partial charge in [-0.3, -0.25) is 0 Å². The third-order valence-electron chi connectivity index (χ3n) is 4.15. The lowest BCUT2D eigenvalue weighted by atomic mass is 9.93. The minimum absolute atomic E-state index is 0.624. The second-order valence-electron chi connectivity index (χ2n) is 5.55. The molecule has 0 unspecified atom stereocenters. The largest absolute Gasteiger partial charge is 0.310 e. The van der Waals surface area contributed by atoms with E-state index in [2.05, 4.69) is 24.4 Å². The Bertz CT molecular complexity index is 339. The molecule has 1 saturated carbocycles. The van der Waals surface area contributed by atoms with E-state index in [4.69, 9.17) is 11.6 Å². The van der Waals surface area contributed by atoms with Crippen LogP contribution in [0.25, 0.3) is 0 Å². The molecule has 2 heteroatoms. The van der Waals surface area contributed by atoms with Crippen molar-refractivity contribution in [2.75, 3.05) is 0 Å². The average Bonchev–Trinajstić information content (AvgIpc) is 2.66. The monoisotopic (exact) mass is 265 g/mol. The van der Waals surface area contributed by atoms with E-state index in [1.807, 2.05) is 12.1 Å². The fraction of sp³-hybridized carbons (Fsp3) is 0.625. The summed E-state index contributed by atoms with van der Waals surface area (Å²) in [6.45, 7) is 3.29. The molecular weight excluding hydrogens is 242 g/mol. The number of halogens is 1. The Hall–Kier alpha value is -0.530. The van der Waals surface area contributed by atoms with Crippen molar-refractivity contribution in [2.24, 2.45) is 5.92 Å². The van der Waals surface area contributed by atoms with Crippen LogP contribution in [0.3, 0.4) is 0 Å². The predicted octanol–water partition coefficient (Wildman–Crippen LogP) is 4.79. The van der Waals surface area contributed by atoms with Crippen LogP contribution in [-0.4, -0.2) is 6.04 Å². The van der Waals surface area contributed by atoms with E-state index in [0.717, 1.165) is 17.5 Å². The van der Waals surface area contributed by atoms with Gasteiger partial charge in [-0.25, -0.2) is 0 Å². The van der Waals surface area contributed by atoms with Gasteiger partial charge in [-0.1, -0.05) is 49.4 Å². The van der Waals surface area contributed by atoms with Gasteiger partial charge in [0.2, 0.25) is 0 Å². The Labute approximate surface area is 116 Å². The molecule has 0 radical (unpaired) electrons. The van der Waals surface area contributed by atoms with Crippen molar-refractivity contribution in [1.82, 2.24) is 5.32 Å². The number of hydrogen-bond acceptors (Lipinski definition) is 1. The van der Waals surface area contributed by atoms with Crippen LogP contribution in [0.1, 0.15) is 51.0 Å². The van der Waals surface area contributed by atoms with E-state index in [9.17, 15) is 0 Å². The maximum absolute atomic E-state index is 5.89. The number of rotatable bonds is 4. The molecule has 0 amide bonds. The van der Waals surface area contributed by atoms with Crippen molar-refractivity contribution in [3.63, 3.8) is 0 Å². The molecule has 100 valence electrons. The van der Waals surface area contributed by atoms with Crippen molar-refractivity contribution in [1.29, 1.82) is 0 Å². The minimum Gasteiger partial charge on any atom is -0.310 e. The summed E-state index contributed by atoms with van der Waals surface area (Å²) in [5, 5.41) is 4.49. The summed E-state index contributed by atoms with van der Waals surface area (Å²) in [6.07, 6.45) is 8.49. The lowest BCUT2D eigenvalue weighted by Crippen LogP contribution is -2.32. The Morgan fingerprint density at radius 3 is 2.33 bits per heavy atom. The normalized spacial score (nSPS) is 19.4. The van der Waals surface area contributed by atoms with Crippen LogP contribution in [0.2, 0.25) is 5.02 Å². The second-order valence-corrected chi connectivity index (χ2v) is 5.98. The smallest absolute Gasteiger partial charge is 0.0406 e. The molecule has 1 aromatic rings. The van der Waals surface area contributed by atoms with Crippen LogP contribution in [0.5, 0.6) is 0 Å². The maximum Gasteiger partial charge on any atom is 0.0406 e. The first-order chi connectivity index (χ1) is 8.75. The molecule has 1 atom stereocenters. The van der Waals surface area contributed by atoms with E-state index in [0.29, 0.717) is 6.04 Å².